The summed E-state index contributed by atoms with van der Waals surface area (Å²) in [5.41, 5.74) is 0.833. The lowest BCUT2D eigenvalue weighted by Gasteiger charge is -2.35. The van der Waals surface area contributed by atoms with Gasteiger partial charge in [0, 0.05) is 21.6 Å². The van der Waals surface area contributed by atoms with Crippen molar-refractivity contribution in [2.45, 2.75) is 44.8 Å². The zero-order valence-electron chi connectivity index (χ0n) is 12.6. The summed E-state index contributed by atoms with van der Waals surface area (Å²) in [7, 11) is 0. The highest BCUT2D eigenvalue weighted by atomic mass is 127. The van der Waals surface area contributed by atoms with Crippen LogP contribution < -0.4 is 4.74 Å². The Kier molecular flexibility index (Phi) is 3.80. The molecule has 0 spiro atoms. The highest BCUT2D eigenvalue weighted by Gasteiger charge is 2.40. The lowest BCUT2D eigenvalue weighted by molar-refractivity contribution is 0.00790. The van der Waals surface area contributed by atoms with Gasteiger partial charge in [-0.25, -0.2) is 4.79 Å². The minimum absolute atomic E-state index is 0.0551. The van der Waals surface area contributed by atoms with Gasteiger partial charge in [0.25, 0.3) is 0 Å². The number of benzene rings is 1. The summed E-state index contributed by atoms with van der Waals surface area (Å²) in [6.45, 7) is 7.00. The van der Waals surface area contributed by atoms with Crippen molar-refractivity contribution in [1.29, 1.82) is 0 Å². The van der Waals surface area contributed by atoms with Gasteiger partial charge in [-0.1, -0.05) is 0 Å². The molecule has 1 aromatic rings. The smallest absolute Gasteiger partial charge is 0.410 e. The molecule has 0 aliphatic carbocycles. The molecule has 2 heterocycles. The van der Waals surface area contributed by atoms with E-state index in [-0.39, 0.29) is 12.2 Å². The van der Waals surface area contributed by atoms with Crippen LogP contribution in [0.1, 0.15) is 38.7 Å². The summed E-state index contributed by atoms with van der Waals surface area (Å²) >= 11 is 2.33. The first-order valence-electron chi connectivity index (χ1n) is 7.27. The fourth-order valence-electron chi connectivity index (χ4n) is 2.96. The number of fused-ring (bicyclic) bond motifs is 3. The Morgan fingerprint density at radius 2 is 2.19 bits per heavy atom. The van der Waals surface area contributed by atoms with Crippen LogP contribution in [0.15, 0.2) is 18.2 Å². The van der Waals surface area contributed by atoms with Crippen LogP contribution in [0, 0.1) is 3.57 Å². The molecular weight excluding hydrogens is 381 g/mol. The molecule has 0 saturated carbocycles. The molecule has 3 rings (SSSR count). The van der Waals surface area contributed by atoms with E-state index in [4.69, 9.17) is 9.47 Å². The number of carbonyl (C=O) groups excluding carboxylic acids is 1. The van der Waals surface area contributed by atoms with Crippen LogP contribution in [-0.2, 0) is 4.74 Å². The van der Waals surface area contributed by atoms with E-state index in [0.717, 1.165) is 18.7 Å². The lowest BCUT2D eigenvalue weighted by atomic mass is 9.89. The number of amides is 1. The van der Waals surface area contributed by atoms with Gasteiger partial charge in [0.05, 0.1) is 6.54 Å². The average Bonchev–Trinajstić information content (AvgIpc) is 2.73. The summed E-state index contributed by atoms with van der Waals surface area (Å²) in [5, 5.41) is 0. The number of hydrogen-bond donors (Lipinski definition) is 0. The third-order valence-corrected chi connectivity index (χ3v) is 4.53. The van der Waals surface area contributed by atoms with E-state index in [0.29, 0.717) is 12.5 Å². The Labute approximate surface area is 138 Å². The second-order valence-electron chi connectivity index (χ2n) is 6.66. The van der Waals surface area contributed by atoms with E-state index in [2.05, 4.69) is 34.7 Å². The fraction of sp³-hybridized carbons (Fsp3) is 0.562. The molecule has 1 fully saturated rings. The van der Waals surface area contributed by atoms with Gasteiger partial charge in [0.1, 0.15) is 17.5 Å². The summed E-state index contributed by atoms with van der Waals surface area (Å²) in [6, 6.07) is 6.29. The molecule has 0 N–H and O–H groups in total. The van der Waals surface area contributed by atoms with Crippen molar-refractivity contribution in [2.24, 2.45) is 0 Å². The second kappa shape index (κ2) is 5.34. The van der Waals surface area contributed by atoms with Crippen LogP contribution in [0.5, 0.6) is 5.75 Å². The summed E-state index contributed by atoms with van der Waals surface area (Å²) < 4.78 is 12.7. The molecule has 2 aliphatic rings. The normalized spacial score (nSPS) is 24.1. The van der Waals surface area contributed by atoms with E-state index in [1.54, 1.807) is 4.90 Å². The average molecular weight is 401 g/mol. The van der Waals surface area contributed by atoms with Crippen molar-refractivity contribution < 1.29 is 14.3 Å². The molecule has 1 aromatic carbocycles. The molecule has 0 radical (unpaired) electrons. The quantitative estimate of drug-likeness (QED) is 0.622. The van der Waals surface area contributed by atoms with E-state index in [1.807, 2.05) is 26.8 Å². The molecule has 2 unspecified atom stereocenters. The zero-order valence-corrected chi connectivity index (χ0v) is 14.7. The molecule has 1 saturated heterocycles. The van der Waals surface area contributed by atoms with Crippen molar-refractivity contribution in [3.05, 3.63) is 27.3 Å². The number of halogens is 1. The monoisotopic (exact) mass is 401 g/mol. The predicted molar refractivity (Wildman–Crippen MR) is 88.7 cm³/mol. The molecule has 1 amide bonds. The first-order valence-corrected chi connectivity index (χ1v) is 8.35. The van der Waals surface area contributed by atoms with Crippen LogP contribution in [0.4, 0.5) is 4.79 Å². The van der Waals surface area contributed by atoms with Crippen LogP contribution >= 0.6 is 22.6 Å². The third kappa shape index (κ3) is 3.12. The maximum Gasteiger partial charge on any atom is 0.410 e. The first-order chi connectivity index (χ1) is 9.83. The Bertz CT molecular complexity index is 567. The molecule has 2 aliphatic heterocycles. The van der Waals surface area contributed by atoms with Gasteiger partial charge in [0.2, 0.25) is 0 Å². The van der Waals surface area contributed by atoms with E-state index >= 15 is 0 Å². The molecular formula is C16H20INO3. The van der Waals surface area contributed by atoms with Gasteiger partial charge in [-0.05, 0) is 68.0 Å². The number of rotatable bonds is 0. The Morgan fingerprint density at radius 1 is 1.43 bits per heavy atom. The van der Waals surface area contributed by atoms with E-state index in [1.165, 1.54) is 9.13 Å². The summed E-state index contributed by atoms with van der Waals surface area (Å²) in [5.74, 6) is 1.37. The van der Waals surface area contributed by atoms with Crippen molar-refractivity contribution in [3.63, 3.8) is 0 Å². The zero-order chi connectivity index (χ0) is 15.2. The molecule has 2 atom stereocenters. The molecule has 0 bridgehead atoms. The SMILES string of the molecule is CC(C)(C)OC(=O)N1CCC2c3cc(I)ccc3OC2C1. The van der Waals surface area contributed by atoms with Crippen molar-refractivity contribution in [2.75, 3.05) is 13.1 Å². The van der Waals surface area contributed by atoms with Crippen LogP contribution in [0.25, 0.3) is 0 Å². The van der Waals surface area contributed by atoms with Crippen molar-refractivity contribution in [3.8, 4) is 5.75 Å². The summed E-state index contributed by atoms with van der Waals surface area (Å²) in [4.78, 5) is 13.9. The Balaban J connectivity index is 1.71. The van der Waals surface area contributed by atoms with E-state index in [9.17, 15) is 4.79 Å². The van der Waals surface area contributed by atoms with Gasteiger partial charge >= 0.3 is 6.09 Å². The molecule has 0 aromatic heterocycles. The highest BCUT2D eigenvalue weighted by Crippen LogP contribution is 2.43. The lowest BCUT2D eigenvalue weighted by Crippen LogP contribution is -2.47. The number of piperidine rings is 1. The van der Waals surface area contributed by atoms with Gasteiger partial charge < -0.3 is 14.4 Å². The third-order valence-electron chi connectivity index (χ3n) is 3.86. The maximum atomic E-state index is 12.2. The minimum atomic E-state index is -0.455. The molecule has 114 valence electrons. The second-order valence-corrected chi connectivity index (χ2v) is 7.91. The number of ether oxygens (including phenoxy) is 2. The van der Waals surface area contributed by atoms with Crippen LogP contribution in [-0.4, -0.2) is 35.8 Å². The number of hydrogen-bond acceptors (Lipinski definition) is 3. The first kappa shape index (κ1) is 14.9. The van der Waals surface area contributed by atoms with Crippen LogP contribution in [0.3, 0.4) is 0 Å². The number of nitrogens with zero attached hydrogens (tertiary/aromatic N) is 1. The molecule has 5 heteroatoms. The minimum Gasteiger partial charge on any atom is -0.488 e. The summed E-state index contributed by atoms with van der Waals surface area (Å²) in [6.07, 6.45) is 0.742. The molecule has 4 nitrogen and oxygen atoms in total. The topological polar surface area (TPSA) is 38.8 Å². The largest absolute Gasteiger partial charge is 0.488 e. The van der Waals surface area contributed by atoms with Gasteiger partial charge in [-0.2, -0.15) is 0 Å². The van der Waals surface area contributed by atoms with Crippen molar-refractivity contribution >= 4 is 28.7 Å². The maximum absolute atomic E-state index is 12.2. The van der Waals surface area contributed by atoms with Gasteiger partial charge in [0.15, 0.2) is 0 Å². The van der Waals surface area contributed by atoms with Gasteiger partial charge in [-0.15, -0.1) is 0 Å². The van der Waals surface area contributed by atoms with Crippen LogP contribution in [0.2, 0.25) is 0 Å². The molecule has 21 heavy (non-hydrogen) atoms. The highest BCUT2D eigenvalue weighted by molar-refractivity contribution is 14.1. The Hall–Kier alpha value is -0.980. The van der Waals surface area contributed by atoms with Crippen molar-refractivity contribution in [1.82, 2.24) is 4.90 Å². The van der Waals surface area contributed by atoms with E-state index < -0.39 is 5.60 Å². The van der Waals surface area contributed by atoms with Gasteiger partial charge in [-0.3, -0.25) is 0 Å². The number of likely N-dealkylation sites (tertiary alicyclic amines) is 1. The Morgan fingerprint density at radius 3 is 2.90 bits per heavy atom. The standard InChI is InChI=1S/C16H20INO3/c1-16(2,3)21-15(19)18-7-6-11-12-8-10(17)4-5-13(12)20-14(11)9-18/h4-5,8,11,14H,6-7,9H2,1-3H3. The number of carbonyl (C=O) groups is 1. The fourth-order valence-corrected chi connectivity index (χ4v) is 3.48. The predicted octanol–water partition coefficient (Wildman–Crippen LogP) is 3.78.